The van der Waals surface area contributed by atoms with Gasteiger partial charge in [-0.2, -0.15) is 0 Å². The van der Waals surface area contributed by atoms with Gasteiger partial charge in [0.05, 0.1) is 0 Å². The number of carbonyl (C=O) groups is 2. The molecule has 2 aliphatic heterocycles. The van der Waals surface area contributed by atoms with Crippen LogP contribution in [0.3, 0.4) is 0 Å². The standard InChI is InChI=1S/C26H39N5O2/c1-3-29-15-17-30(18-16-29)12-6-11-27-25(32)20(2)21-9-13-31(14-10-21)26(33)24-19-22-7-4-5-8-23(22)28-24/h4-5,7-8,19-21,28H,3,6,9-18H2,1-2H3,(H,27,32)/t20-/m0/s1. The summed E-state index contributed by atoms with van der Waals surface area (Å²) in [5.74, 6) is 0.537. The van der Waals surface area contributed by atoms with Crippen molar-refractivity contribution in [2.45, 2.75) is 33.1 Å². The van der Waals surface area contributed by atoms with E-state index in [2.05, 4.69) is 27.0 Å². The number of nitrogens with zero attached hydrogens (tertiary/aromatic N) is 3. The monoisotopic (exact) mass is 453 g/mol. The molecule has 0 bridgehead atoms. The lowest BCUT2D eigenvalue weighted by molar-refractivity contribution is -0.126. The zero-order valence-corrected chi connectivity index (χ0v) is 20.2. The van der Waals surface area contributed by atoms with Gasteiger partial charge in [-0.3, -0.25) is 9.59 Å². The molecule has 7 heteroatoms. The normalized spacial score (nSPS) is 19.6. The summed E-state index contributed by atoms with van der Waals surface area (Å²) >= 11 is 0. The Morgan fingerprint density at radius 2 is 1.76 bits per heavy atom. The van der Waals surface area contributed by atoms with E-state index in [4.69, 9.17) is 0 Å². The van der Waals surface area contributed by atoms with E-state index in [0.717, 1.165) is 76.0 Å². The van der Waals surface area contributed by atoms with Gasteiger partial charge < -0.3 is 25.0 Å². The maximum absolute atomic E-state index is 12.9. The number of benzene rings is 1. The molecule has 2 fully saturated rings. The highest BCUT2D eigenvalue weighted by Gasteiger charge is 2.30. The smallest absolute Gasteiger partial charge is 0.270 e. The molecule has 1 atom stereocenters. The molecule has 2 aromatic rings. The second-order valence-electron chi connectivity index (χ2n) is 9.61. The summed E-state index contributed by atoms with van der Waals surface area (Å²) in [5.41, 5.74) is 1.64. The second kappa shape index (κ2) is 11.2. The zero-order valence-electron chi connectivity index (χ0n) is 20.2. The lowest BCUT2D eigenvalue weighted by Gasteiger charge is -2.34. The van der Waals surface area contributed by atoms with E-state index in [1.165, 1.54) is 0 Å². The molecule has 2 aliphatic rings. The van der Waals surface area contributed by atoms with Crippen molar-refractivity contribution in [1.82, 2.24) is 25.0 Å². The fourth-order valence-corrected chi connectivity index (χ4v) is 5.18. The molecule has 0 saturated carbocycles. The van der Waals surface area contributed by atoms with Crippen molar-refractivity contribution in [2.75, 3.05) is 58.9 Å². The van der Waals surface area contributed by atoms with E-state index >= 15 is 0 Å². The van der Waals surface area contributed by atoms with Crippen LogP contribution in [0.2, 0.25) is 0 Å². The molecule has 0 radical (unpaired) electrons. The summed E-state index contributed by atoms with van der Waals surface area (Å²) < 4.78 is 0. The molecule has 0 aliphatic carbocycles. The van der Waals surface area contributed by atoms with Gasteiger partial charge in [0.2, 0.25) is 5.91 Å². The number of hydrogen-bond acceptors (Lipinski definition) is 4. The second-order valence-corrected chi connectivity index (χ2v) is 9.61. The van der Waals surface area contributed by atoms with Crippen molar-refractivity contribution in [1.29, 1.82) is 0 Å². The number of likely N-dealkylation sites (N-methyl/N-ethyl adjacent to an activating group) is 1. The van der Waals surface area contributed by atoms with Gasteiger partial charge in [-0.25, -0.2) is 0 Å². The van der Waals surface area contributed by atoms with Gasteiger partial charge >= 0.3 is 0 Å². The maximum atomic E-state index is 12.9. The summed E-state index contributed by atoms with van der Waals surface area (Å²) in [7, 11) is 0. The molecule has 4 rings (SSSR count). The number of para-hydroxylation sites is 1. The first-order valence-corrected chi connectivity index (χ1v) is 12.6. The third kappa shape index (κ3) is 5.95. The molecule has 0 spiro atoms. The SMILES string of the molecule is CCN1CCN(CCCNC(=O)[C@@H](C)C2CCN(C(=O)c3cc4ccccc4[nH]3)CC2)CC1. The molecule has 2 saturated heterocycles. The number of fused-ring (bicyclic) bond motifs is 1. The molecule has 2 N–H and O–H groups in total. The highest BCUT2D eigenvalue weighted by molar-refractivity contribution is 5.98. The number of aromatic amines is 1. The quantitative estimate of drug-likeness (QED) is 0.603. The first-order valence-electron chi connectivity index (χ1n) is 12.6. The number of piperazine rings is 1. The van der Waals surface area contributed by atoms with Gasteiger partial charge in [0.15, 0.2) is 0 Å². The highest BCUT2D eigenvalue weighted by Crippen LogP contribution is 2.26. The van der Waals surface area contributed by atoms with E-state index < -0.39 is 0 Å². The van der Waals surface area contributed by atoms with Crippen LogP contribution in [0.4, 0.5) is 0 Å². The Hall–Kier alpha value is -2.38. The average molecular weight is 454 g/mol. The highest BCUT2D eigenvalue weighted by atomic mass is 16.2. The van der Waals surface area contributed by atoms with Crippen LogP contribution in [0, 0.1) is 11.8 Å². The van der Waals surface area contributed by atoms with Crippen molar-refractivity contribution in [3.8, 4) is 0 Å². The van der Waals surface area contributed by atoms with Crippen molar-refractivity contribution < 1.29 is 9.59 Å². The number of amides is 2. The maximum Gasteiger partial charge on any atom is 0.270 e. The molecule has 180 valence electrons. The number of hydrogen-bond donors (Lipinski definition) is 2. The van der Waals surface area contributed by atoms with Gasteiger partial charge in [0.1, 0.15) is 5.69 Å². The minimum Gasteiger partial charge on any atom is -0.356 e. The van der Waals surface area contributed by atoms with E-state index in [0.29, 0.717) is 24.7 Å². The minimum atomic E-state index is -0.0107. The topological polar surface area (TPSA) is 71.7 Å². The number of likely N-dealkylation sites (tertiary alicyclic amines) is 1. The Kier molecular flexibility index (Phi) is 8.04. The summed E-state index contributed by atoms with van der Waals surface area (Å²) in [6.07, 6.45) is 2.76. The summed E-state index contributed by atoms with van der Waals surface area (Å²) in [6, 6.07) is 9.89. The number of aromatic nitrogens is 1. The molecule has 1 aromatic carbocycles. The van der Waals surface area contributed by atoms with Gasteiger partial charge in [-0.15, -0.1) is 0 Å². The van der Waals surface area contributed by atoms with Crippen LogP contribution in [0.1, 0.15) is 43.6 Å². The Bertz CT molecular complexity index is 893. The fourth-order valence-electron chi connectivity index (χ4n) is 5.18. The first kappa shape index (κ1) is 23.8. The zero-order chi connectivity index (χ0) is 23.2. The number of rotatable bonds is 8. The molecule has 2 amide bonds. The van der Waals surface area contributed by atoms with Gasteiger partial charge in [-0.1, -0.05) is 32.0 Å². The fraction of sp³-hybridized carbons (Fsp3) is 0.615. The summed E-state index contributed by atoms with van der Waals surface area (Å²) in [5, 5.41) is 4.21. The van der Waals surface area contributed by atoms with Crippen LogP contribution in [0.25, 0.3) is 10.9 Å². The predicted octanol–water partition coefficient (Wildman–Crippen LogP) is 2.80. The van der Waals surface area contributed by atoms with Crippen molar-refractivity contribution >= 4 is 22.7 Å². The van der Waals surface area contributed by atoms with Crippen molar-refractivity contribution in [3.05, 3.63) is 36.0 Å². The van der Waals surface area contributed by atoms with Gasteiger partial charge in [-0.05, 0) is 50.4 Å². The van der Waals surface area contributed by atoms with E-state index in [9.17, 15) is 9.59 Å². The van der Waals surface area contributed by atoms with Gasteiger partial charge in [0, 0.05) is 62.6 Å². The third-order valence-corrected chi connectivity index (χ3v) is 7.57. The van der Waals surface area contributed by atoms with Crippen molar-refractivity contribution in [3.63, 3.8) is 0 Å². The average Bonchev–Trinajstić information content (AvgIpc) is 3.30. The first-order chi connectivity index (χ1) is 16.0. The van der Waals surface area contributed by atoms with Crippen LogP contribution < -0.4 is 5.32 Å². The number of nitrogens with one attached hydrogen (secondary N) is 2. The largest absolute Gasteiger partial charge is 0.356 e. The van der Waals surface area contributed by atoms with Gasteiger partial charge in [0.25, 0.3) is 5.91 Å². The van der Waals surface area contributed by atoms with E-state index in [-0.39, 0.29) is 17.7 Å². The van der Waals surface area contributed by atoms with Crippen LogP contribution >= 0.6 is 0 Å². The Balaban J connectivity index is 1.16. The summed E-state index contributed by atoms with van der Waals surface area (Å²) in [4.78, 5) is 35.8. The molecular formula is C26H39N5O2. The Morgan fingerprint density at radius 1 is 1.06 bits per heavy atom. The van der Waals surface area contributed by atoms with E-state index in [1.807, 2.05) is 42.2 Å². The molecule has 1 aromatic heterocycles. The molecule has 3 heterocycles. The lowest BCUT2D eigenvalue weighted by Crippen LogP contribution is -2.47. The van der Waals surface area contributed by atoms with Crippen molar-refractivity contribution in [2.24, 2.45) is 11.8 Å². The number of H-pyrrole nitrogens is 1. The predicted molar refractivity (Wildman–Crippen MR) is 132 cm³/mol. The summed E-state index contributed by atoms with van der Waals surface area (Å²) in [6.45, 7) is 13.2. The number of piperidine rings is 1. The van der Waals surface area contributed by atoms with E-state index in [1.54, 1.807) is 0 Å². The molecule has 7 nitrogen and oxygen atoms in total. The molecule has 33 heavy (non-hydrogen) atoms. The van der Waals surface area contributed by atoms with Crippen LogP contribution in [-0.4, -0.2) is 90.4 Å². The Morgan fingerprint density at radius 3 is 2.45 bits per heavy atom. The lowest BCUT2D eigenvalue weighted by atomic mass is 9.84. The molecular weight excluding hydrogens is 414 g/mol. The Labute approximate surface area is 197 Å². The third-order valence-electron chi connectivity index (χ3n) is 7.57. The van der Waals surface area contributed by atoms with Crippen LogP contribution in [0.15, 0.2) is 30.3 Å². The minimum absolute atomic E-state index is 0.0107. The van der Waals surface area contributed by atoms with Crippen LogP contribution in [0.5, 0.6) is 0 Å². The number of carbonyl (C=O) groups excluding carboxylic acids is 2. The molecule has 0 unspecified atom stereocenters. The van der Waals surface area contributed by atoms with Crippen LogP contribution in [-0.2, 0) is 4.79 Å².